The SMILES string of the molecule is CN1CCC(NC2=C3C=C(Cl)N=C3C(CCCN3CCCC3)C=N2)CC1. The lowest BCUT2D eigenvalue weighted by Gasteiger charge is -2.31. The molecule has 2 fully saturated rings. The van der Waals surface area contributed by atoms with Crippen LogP contribution < -0.4 is 5.32 Å². The fourth-order valence-corrected chi connectivity index (χ4v) is 4.59. The van der Waals surface area contributed by atoms with Crippen molar-refractivity contribution >= 4 is 23.5 Å². The molecule has 142 valence electrons. The zero-order chi connectivity index (χ0) is 17.9. The highest BCUT2D eigenvalue weighted by Crippen LogP contribution is 2.31. The Morgan fingerprint density at radius 2 is 1.96 bits per heavy atom. The van der Waals surface area contributed by atoms with Crippen LogP contribution in [0.25, 0.3) is 0 Å². The summed E-state index contributed by atoms with van der Waals surface area (Å²) in [5, 5.41) is 4.24. The highest BCUT2D eigenvalue weighted by atomic mass is 35.5. The second-order valence-corrected chi connectivity index (χ2v) is 8.41. The Balaban J connectivity index is 1.37. The number of rotatable bonds is 6. The van der Waals surface area contributed by atoms with Gasteiger partial charge in [-0.1, -0.05) is 11.6 Å². The largest absolute Gasteiger partial charge is 0.367 e. The van der Waals surface area contributed by atoms with Crippen LogP contribution in [-0.2, 0) is 0 Å². The van der Waals surface area contributed by atoms with E-state index in [4.69, 9.17) is 16.6 Å². The summed E-state index contributed by atoms with van der Waals surface area (Å²) in [6, 6.07) is 0.492. The minimum atomic E-state index is 0.295. The van der Waals surface area contributed by atoms with E-state index in [9.17, 15) is 0 Å². The van der Waals surface area contributed by atoms with E-state index in [1.165, 1.54) is 38.9 Å². The normalized spacial score (nSPS) is 27.7. The number of hydrogen-bond donors (Lipinski definition) is 1. The van der Waals surface area contributed by atoms with E-state index < -0.39 is 0 Å². The number of fused-ring (bicyclic) bond motifs is 1. The van der Waals surface area contributed by atoms with Crippen LogP contribution in [0.4, 0.5) is 0 Å². The zero-order valence-electron chi connectivity index (χ0n) is 15.8. The molecule has 1 unspecified atom stereocenters. The summed E-state index contributed by atoms with van der Waals surface area (Å²) in [4.78, 5) is 14.4. The third-order valence-electron chi connectivity index (χ3n) is 6.00. The van der Waals surface area contributed by atoms with E-state index in [1.54, 1.807) is 0 Å². The van der Waals surface area contributed by atoms with Crippen LogP contribution >= 0.6 is 11.6 Å². The van der Waals surface area contributed by atoms with Crippen molar-refractivity contribution in [3.63, 3.8) is 0 Å². The maximum Gasteiger partial charge on any atom is 0.135 e. The van der Waals surface area contributed by atoms with E-state index in [1.807, 2.05) is 6.08 Å². The van der Waals surface area contributed by atoms with Gasteiger partial charge in [-0.25, -0.2) is 9.98 Å². The number of aliphatic imine (C=N–C) groups is 2. The molecule has 0 saturated carbocycles. The fraction of sp³-hybridized carbons (Fsp3) is 0.700. The summed E-state index contributed by atoms with van der Waals surface area (Å²) in [5.74, 6) is 1.26. The second kappa shape index (κ2) is 8.24. The van der Waals surface area contributed by atoms with Gasteiger partial charge in [0.2, 0.25) is 0 Å². The van der Waals surface area contributed by atoms with Gasteiger partial charge in [-0.2, -0.15) is 0 Å². The summed E-state index contributed by atoms with van der Waals surface area (Å²) in [6.07, 6.45) is 11.4. The van der Waals surface area contributed by atoms with Crippen LogP contribution in [0.5, 0.6) is 0 Å². The second-order valence-electron chi connectivity index (χ2n) is 8.02. The molecule has 0 radical (unpaired) electrons. The van der Waals surface area contributed by atoms with Crippen LogP contribution in [0.2, 0.25) is 0 Å². The Kier molecular flexibility index (Phi) is 5.77. The molecule has 0 bridgehead atoms. The number of nitrogens with one attached hydrogen (secondary N) is 1. The zero-order valence-corrected chi connectivity index (χ0v) is 16.5. The van der Waals surface area contributed by atoms with E-state index in [2.05, 4.69) is 33.4 Å². The molecule has 6 heteroatoms. The van der Waals surface area contributed by atoms with Gasteiger partial charge in [0.15, 0.2) is 0 Å². The number of nitrogens with zero attached hydrogens (tertiary/aromatic N) is 4. The third kappa shape index (κ3) is 4.21. The Morgan fingerprint density at radius 3 is 2.73 bits per heavy atom. The molecule has 4 heterocycles. The average Bonchev–Trinajstić information content (AvgIpc) is 3.28. The molecule has 5 nitrogen and oxygen atoms in total. The molecule has 1 atom stereocenters. The van der Waals surface area contributed by atoms with Gasteiger partial charge in [-0.15, -0.1) is 0 Å². The van der Waals surface area contributed by atoms with Gasteiger partial charge in [-0.3, -0.25) is 0 Å². The molecule has 4 rings (SSSR count). The summed E-state index contributed by atoms with van der Waals surface area (Å²) in [5.41, 5.74) is 2.23. The highest BCUT2D eigenvalue weighted by Gasteiger charge is 2.29. The Morgan fingerprint density at radius 1 is 1.19 bits per heavy atom. The molecule has 4 aliphatic heterocycles. The van der Waals surface area contributed by atoms with Gasteiger partial charge in [0, 0.05) is 23.7 Å². The average molecular weight is 376 g/mol. The van der Waals surface area contributed by atoms with Crippen molar-refractivity contribution in [1.82, 2.24) is 15.1 Å². The molecular weight excluding hydrogens is 346 g/mol. The van der Waals surface area contributed by atoms with Crippen molar-refractivity contribution in [3.05, 3.63) is 22.6 Å². The van der Waals surface area contributed by atoms with Crippen molar-refractivity contribution in [2.75, 3.05) is 39.8 Å². The van der Waals surface area contributed by atoms with Crippen LogP contribution in [0.15, 0.2) is 32.6 Å². The predicted octanol–water partition coefficient (Wildman–Crippen LogP) is 2.99. The van der Waals surface area contributed by atoms with Crippen molar-refractivity contribution in [1.29, 1.82) is 0 Å². The lowest BCUT2D eigenvalue weighted by atomic mass is 9.91. The van der Waals surface area contributed by atoms with Crippen molar-refractivity contribution < 1.29 is 0 Å². The van der Waals surface area contributed by atoms with Gasteiger partial charge in [0.1, 0.15) is 11.0 Å². The van der Waals surface area contributed by atoms with Crippen molar-refractivity contribution in [2.24, 2.45) is 15.9 Å². The molecule has 1 N–H and O–H groups in total. The van der Waals surface area contributed by atoms with Gasteiger partial charge >= 0.3 is 0 Å². The maximum atomic E-state index is 6.26. The summed E-state index contributed by atoms with van der Waals surface area (Å²) < 4.78 is 0. The Bertz CT molecular complexity index is 637. The van der Waals surface area contributed by atoms with Crippen LogP contribution in [-0.4, -0.2) is 67.5 Å². The molecule has 0 aliphatic carbocycles. The molecule has 0 amide bonds. The quantitative estimate of drug-likeness (QED) is 0.726. The minimum Gasteiger partial charge on any atom is -0.367 e. The van der Waals surface area contributed by atoms with Crippen molar-refractivity contribution in [3.8, 4) is 0 Å². The van der Waals surface area contributed by atoms with Gasteiger partial charge in [0.05, 0.1) is 5.71 Å². The number of halogens is 1. The summed E-state index contributed by atoms with van der Waals surface area (Å²) >= 11 is 6.26. The first kappa shape index (κ1) is 18.2. The molecule has 4 aliphatic rings. The van der Waals surface area contributed by atoms with Crippen LogP contribution in [0.1, 0.15) is 38.5 Å². The molecule has 0 aromatic carbocycles. The lowest BCUT2D eigenvalue weighted by Crippen LogP contribution is -2.41. The number of allylic oxidation sites excluding steroid dienone is 2. The van der Waals surface area contributed by atoms with E-state index >= 15 is 0 Å². The van der Waals surface area contributed by atoms with Crippen LogP contribution in [0.3, 0.4) is 0 Å². The number of hydrogen-bond acceptors (Lipinski definition) is 5. The van der Waals surface area contributed by atoms with Gasteiger partial charge in [0.25, 0.3) is 0 Å². The molecular formula is C20H30ClN5. The Hall–Kier alpha value is -1.17. The van der Waals surface area contributed by atoms with Gasteiger partial charge in [-0.05, 0) is 84.4 Å². The lowest BCUT2D eigenvalue weighted by molar-refractivity contribution is 0.241. The van der Waals surface area contributed by atoms with E-state index in [-0.39, 0.29) is 0 Å². The minimum absolute atomic E-state index is 0.295. The fourth-order valence-electron chi connectivity index (χ4n) is 4.39. The monoisotopic (exact) mass is 375 g/mol. The molecule has 0 aromatic rings. The standard InChI is InChI=1S/C20H30ClN5/c1-25-11-6-16(7-12-25)23-20-17-13-18(21)24-19(17)15(14-22-20)5-4-10-26-8-2-3-9-26/h13-16,23H,2-12H2,1H3. The smallest absolute Gasteiger partial charge is 0.135 e. The third-order valence-corrected chi connectivity index (χ3v) is 6.20. The van der Waals surface area contributed by atoms with Gasteiger partial charge < -0.3 is 15.1 Å². The first-order valence-electron chi connectivity index (χ1n) is 10.1. The van der Waals surface area contributed by atoms with E-state index in [0.29, 0.717) is 17.1 Å². The summed E-state index contributed by atoms with van der Waals surface area (Å²) in [7, 11) is 2.19. The number of piperidine rings is 1. The maximum absolute atomic E-state index is 6.26. The first-order chi connectivity index (χ1) is 12.7. The molecule has 2 saturated heterocycles. The van der Waals surface area contributed by atoms with Crippen LogP contribution in [0, 0.1) is 5.92 Å². The predicted molar refractivity (Wildman–Crippen MR) is 109 cm³/mol. The molecule has 0 aromatic heterocycles. The van der Waals surface area contributed by atoms with Crippen molar-refractivity contribution in [2.45, 2.75) is 44.6 Å². The highest BCUT2D eigenvalue weighted by molar-refractivity contribution is 6.33. The summed E-state index contributed by atoms with van der Waals surface area (Å²) in [6.45, 7) is 6.01. The first-order valence-corrected chi connectivity index (χ1v) is 10.5. The molecule has 26 heavy (non-hydrogen) atoms. The molecule has 0 spiro atoms. The Labute approximate surface area is 161 Å². The van der Waals surface area contributed by atoms with E-state index in [0.717, 1.165) is 49.5 Å². The number of likely N-dealkylation sites (tertiary alicyclic amines) is 2. The topological polar surface area (TPSA) is 43.2 Å².